The molecular weight excluding hydrogens is 180 g/mol. The Bertz CT molecular complexity index is 391. The summed E-state index contributed by atoms with van der Waals surface area (Å²) in [6, 6.07) is 4.84. The van der Waals surface area contributed by atoms with Crippen molar-refractivity contribution in [3.8, 4) is 11.5 Å². The van der Waals surface area contributed by atoms with Crippen molar-refractivity contribution in [2.24, 2.45) is 0 Å². The lowest BCUT2D eigenvalue weighted by Gasteiger charge is -2.17. The average molecular weight is 186 g/mol. The van der Waals surface area contributed by atoms with Gasteiger partial charge in [0.05, 0.1) is 0 Å². The van der Waals surface area contributed by atoms with Crippen LogP contribution in [0.15, 0.2) is 18.2 Å². The van der Waals surface area contributed by atoms with Gasteiger partial charge in [0.2, 0.25) is 0 Å². The molecule has 1 aromatic rings. The average Bonchev–Trinajstić information content (AvgIpc) is 1.92. The zero-order valence-corrected chi connectivity index (χ0v) is 7.09. The minimum atomic E-state index is -3.85. The molecule has 2 rings (SSSR count). The molecule has 1 aromatic carbocycles. The van der Waals surface area contributed by atoms with Crippen molar-refractivity contribution in [3.63, 3.8) is 0 Å². The third-order valence-corrected chi connectivity index (χ3v) is 2.39. The van der Waals surface area contributed by atoms with Crippen LogP contribution in [0, 0.1) is 6.92 Å². The minimum absolute atomic E-state index is 0.332. The van der Waals surface area contributed by atoms with Crippen molar-refractivity contribution < 1.29 is 16.8 Å². The molecular formula is C7H6O4S. The molecule has 0 atom stereocenters. The SMILES string of the molecule is Cc1c2cccc1OS(=O)(=O)O2. The van der Waals surface area contributed by atoms with Gasteiger partial charge < -0.3 is 8.37 Å². The molecule has 1 heterocycles. The van der Waals surface area contributed by atoms with E-state index in [0.29, 0.717) is 17.1 Å². The maximum Gasteiger partial charge on any atom is 0.501 e. The lowest BCUT2D eigenvalue weighted by molar-refractivity contribution is 0.374. The summed E-state index contributed by atoms with van der Waals surface area (Å²) in [5, 5.41) is 0. The van der Waals surface area contributed by atoms with Crippen molar-refractivity contribution in [3.05, 3.63) is 23.8 Å². The highest BCUT2D eigenvalue weighted by atomic mass is 32.3. The van der Waals surface area contributed by atoms with Gasteiger partial charge in [-0.15, -0.1) is 8.42 Å². The normalized spacial score (nSPS) is 17.8. The summed E-state index contributed by atoms with van der Waals surface area (Å²) in [6.45, 7) is 1.74. The Morgan fingerprint density at radius 2 is 1.67 bits per heavy atom. The number of fused-ring (bicyclic) bond motifs is 2. The van der Waals surface area contributed by atoms with Crippen molar-refractivity contribution in [1.29, 1.82) is 0 Å². The van der Waals surface area contributed by atoms with E-state index in [2.05, 4.69) is 8.37 Å². The Morgan fingerprint density at radius 1 is 1.17 bits per heavy atom. The molecule has 0 aliphatic carbocycles. The molecule has 4 nitrogen and oxygen atoms in total. The summed E-state index contributed by atoms with van der Waals surface area (Å²) in [4.78, 5) is 0. The molecule has 1 aliphatic heterocycles. The van der Waals surface area contributed by atoms with Crippen LogP contribution in [0.3, 0.4) is 0 Å². The van der Waals surface area contributed by atoms with Crippen LogP contribution in [-0.2, 0) is 10.4 Å². The molecule has 12 heavy (non-hydrogen) atoms. The summed E-state index contributed by atoms with van der Waals surface area (Å²) in [5.74, 6) is 0.664. The van der Waals surface area contributed by atoms with Crippen molar-refractivity contribution >= 4 is 10.4 Å². The standard InChI is InChI=1S/C7H6O4S/c1-5-6-3-2-4-7(5)11-12(8,9)10-6/h2-4H,1H3. The molecule has 0 amide bonds. The summed E-state index contributed by atoms with van der Waals surface area (Å²) in [6.07, 6.45) is 0. The molecule has 0 saturated carbocycles. The fourth-order valence-electron chi connectivity index (χ4n) is 1.01. The first-order chi connectivity index (χ1) is 5.58. The second-order valence-corrected chi connectivity index (χ2v) is 3.60. The highest BCUT2D eigenvalue weighted by Crippen LogP contribution is 2.33. The predicted octanol–water partition coefficient (Wildman–Crippen LogP) is 1.01. The van der Waals surface area contributed by atoms with E-state index in [4.69, 9.17) is 0 Å². The first kappa shape index (κ1) is 7.42. The second-order valence-electron chi connectivity index (χ2n) is 2.45. The first-order valence-corrected chi connectivity index (χ1v) is 4.65. The van der Waals surface area contributed by atoms with Crippen LogP contribution >= 0.6 is 0 Å². The number of hydrogen-bond acceptors (Lipinski definition) is 4. The van der Waals surface area contributed by atoms with Gasteiger partial charge in [0.15, 0.2) is 11.5 Å². The quantitative estimate of drug-likeness (QED) is 0.606. The van der Waals surface area contributed by atoms with E-state index in [9.17, 15) is 8.42 Å². The fourth-order valence-corrected chi connectivity index (χ4v) is 1.85. The van der Waals surface area contributed by atoms with Gasteiger partial charge in [-0.1, -0.05) is 6.07 Å². The van der Waals surface area contributed by atoms with Gasteiger partial charge in [-0.05, 0) is 19.1 Å². The maximum atomic E-state index is 10.9. The van der Waals surface area contributed by atoms with Crippen molar-refractivity contribution in [2.75, 3.05) is 0 Å². The van der Waals surface area contributed by atoms with Crippen molar-refractivity contribution in [2.45, 2.75) is 6.92 Å². The van der Waals surface area contributed by atoms with Crippen LogP contribution in [-0.4, -0.2) is 8.42 Å². The summed E-state index contributed by atoms with van der Waals surface area (Å²) >= 11 is 0. The van der Waals surface area contributed by atoms with E-state index in [1.807, 2.05) is 0 Å². The van der Waals surface area contributed by atoms with Gasteiger partial charge in [-0.2, -0.15) is 0 Å². The molecule has 0 aromatic heterocycles. The van der Waals surface area contributed by atoms with E-state index >= 15 is 0 Å². The van der Waals surface area contributed by atoms with E-state index in [0.717, 1.165) is 0 Å². The maximum absolute atomic E-state index is 10.9. The van der Waals surface area contributed by atoms with E-state index in [1.54, 1.807) is 25.1 Å². The molecule has 0 saturated heterocycles. The monoisotopic (exact) mass is 186 g/mol. The molecule has 0 radical (unpaired) electrons. The molecule has 5 heteroatoms. The van der Waals surface area contributed by atoms with Crippen LogP contribution in [0.1, 0.15) is 5.56 Å². The van der Waals surface area contributed by atoms with Gasteiger partial charge >= 0.3 is 10.4 Å². The molecule has 2 bridgehead atoms. The Hall–Kier alpha value is -1.23. The molecule has 0 N–H and O–H groups in total. The largest absolute Gasteiger partial charge is 0.501 e. The zero-order chi connectivity index (χ0) is 8.77. The summed E-state index contributed by atoms with van der Waals surface area (Å²) in [5.41, 5.74) is 0.701. The Morgan fingerprint density at radius 3 is 2.17 bits per heavy atom. The third-order valence-electron chi connectivity index (χ3n) is 1.62. The van der Waals surface area contributed by atoms with Gasteiger partial charge in [-0.25, -0.2) is 0 Å². The third kappa shape index (κ3) is 1.02. The second kappa shape index (κ2) is 2.13. The van der Waals surface area contributed by atoms with Gasteiger partial charge in [0.1, 0.15) is 0 Å². The molecule has 64 valence electrons. The zero-order valence-electron chi connectivity index (χ0n) is 6.27. The Balaban J connectivity index is 2.67. The van der Waals surface area contributed by atoms with Crippen LogP contribution in [0.25, 0.3) is 0 Å². The molecule has 1 aliphatic rings. The first-order valence-electron chi connectivity index (χ1n) is 3.32. The number of benzene rings is 1. The summed E-state index contributed by atoms with van der Waals surface area (Å²) in [7, 11) is -3.85. The number of hydrogen-bond donors (Lipinski definition) is 0. The van der Waals surface area contributed by atoms with Gasteiger partial charge in [0, 0.05) is 5.56 Å². The van der Waals surface area contributed by atoms with Crippen molar-refractivity contribution in [1.82, 2.24) is 0 Å². The summed E-state index contributed by atoms with van der Waals surface area (Å²) < 4.78 is 30.8. The van der Waals surface area contributed by atoms with E-state index < -0.39 is 10.4 Å². The smallest absolute Gasteiger partial charge is 0.352 e. The molecule has 0 unspecified atom stereocenters. The van der Waals surface area contributed by atoms with Crippen LogP contribution in [0.2, 0.25) is 0 Å². The van der Waals surface area contributed by atoms with Crippen LogP contribution in [0.5, 0.6) is 11.5 Å². The lowest BCUT2D eigenvalue weighted by atomic mass is 10.2. The topological polar surface area (TPSA) is 52.6 Å². The lowest BCUT2D eigenvalue weighted by Crippen LogP contribution is -2.21. The van der Waals surface area contributed by atoms with Crippen LogP contribution in [0.4, 0.5) is 0 Å². The minimum Gasteiger partial charge on any atom is -0.352 e. The van der Waals surface area contributed by atoms with E-state index in [-0.39, 0.29) is 0 Å². The fraction of sp³-hybridized carbons (Fsp3) is 0.143. The predicted molar refractivity (Wildman–Crippen MR) is 41.4 cm³/mol. The Kier molecular flexibility index (Phi) is 1.32. The van der Waals surface area contributed by atoms with E-state index in [1.165, 1.54) is 0 Å². The van der Waals surface area contributed by atoms with Gasteiger partial charge in [-0.3, -0.25) is 0 Å². The molecule has 0 spiro atoms. The Labute approximate surface area is 70.1 Å². The highest BCUT2D eigenvalue weighted by Gasteiger charge is 2.25. The van der Waals surface area contributed by atoms with Gasteiger partial charge in [0.25, 0.3) is 0 Å². The number of rotatable bonds is 0. The van der Waals surface area contributed by atoms with Crippen LogP contribution < -0.4 is 8.37 Å². The highest BCUT2D eigenvalue weighted by molar-refractivity contribution is 7.82. The molecule has 0 fully saturated rings.